The summed E-state index contributed by atoms with van der Waals surface area (Å²) in [6.45, 7) is 4.40. The monoisotopic (exact) mass is 438 g/mol. The van der Waals surface area contributed by atoms with Gasteiger partial charge >= 0.3 is 6.16 Å². The summed E-state index contributed by atoms with van der Waals surface area (Å²) in [5.74, 6) is 1.41. The van der Waals surface area contributed by atoms with Crippen molar-refractivity contribution in [3.63, 3.8) is 0 Å². The summed E-state index contributed by atoms with van der Waals surface area (Å²) in [5, 5.41) is 0. The maximum Gasteiger partial charge on any atom is 0.508 e. The van der Waals surface area contributed by atoms with Crippen LogP contribution in [0.5, 0.6) is 0 Å². The molecule has 22 heavy (non-hydrogen) atoms. The lowest BCUT2D eigenvalue weighted by molar-refractivity contribution is -0.0255. The Morgan fingerprint density at radius 3 is 1.36 bits per heavy atom. The number of hydrogen-bond donors (Lipinski definition) is 0. The molecule has 0 amide bonds. The molecule has 0 radical (unpaired) electrons. The smallest absolute Gasteiger partial charge is 0.431 e. The summed E-state index contributed by atoms with van der Waals surface area (Å²) in [6, 6.07) is 0. The van der Waals surface area contributed by atoms with E-state index in [2.05, 4.69) is 45.7 Å². The lowest BCUT2D eigenvalue weighted by atomic mass is 9.85. The van der Waals surface area contributed by atoms with Crippen molar-refractivity contribution < 1.29 is 14.3 Å². The minimum atomic E-state index is -0.453. The van der Waals surface area contributed by atoms with E-state index >= 15 is 0 Å². The van der Waals surface area contributed by atoms with Crippen LogP contribution in [0.25, 0.3) is 0 Å². The minimum absolute atomic E-state index is 0.0499. The third-order valence-electron chi connectivity index (χ3n) is 5.26. The molecule has 0 aromatic carbocycles. The maximum atomic E-state index is 11.9. The highest BCUT2D eigenvalue weighted by molar-refractivity contribution is 9.09. The summed E-state index contributed by atoms with van der Waals surface area (Å²) < 4.78 is 11.0. The van der Waals surface area contributed by atoms with Crippen LogP contribution in [0.4, 0.5) is 4.79 Å². The lowest BCUT2D eigenvalue weighted by Crippen LogP contribution is -2.31. The van der Waals surface area contributed by atoms with Crippen LogP contribution in [0.2, 0.25) is 0 Å². The second kappa shape index (κ2) is 8.91. The number of halogens is 2. The van der Waals surface area contributed by atoms with Gasteiger partial charge < -0.3 is 9.47 Å². The van der Waals surface area contributed by atoms with Crippen molar-refractivity contribution in [2.24, 2.45) is 11.8 Å². The molecule has 2 unspecified atom stereocenters. The van der Waals surface area contributed by atoms with Crippen molar-refractivity contribution >= 4 is 38.0 Å². The van der Waals surface area contributed by atoms with E-state index in [4.69, 9.17) is 9.47 Å². The van der Waals surface area contributed by atoms with Gasteiger partial charge in [0.1, 0.15) is 12.2 Å². The molecular formula is C17H28Br2O3. The van der Waals surface area contributed by atoms with Gasteiger partial charge in [-0.25, -0.2) is 4.79 Å². The predicted octanol–water partition coefficient (Wildman–Crippen LogP) is 5.82. The van der Waals surface area contributed by atoms with Crippen molar-refractivity contribution in [1.82, 2.24) is 0 Å². The van der Waals surface area contributed by atoms with Gasteiger partial charge in [0, 0.05) is 9.65 Å². The molecule has 2 aliphatic carbocycles. The van der Waals surface area contributed by atoms with E-state index in [1.807, 2.05) is 0 Å². The van der Waals surface area contributed by atoms with Crippen LogP contribution < -0.4 is 0 Å². The number of alkyl halides is 2. The highest BCUT2D eigenvalue weighted by Gasteiger charge is 2.29. The quantitative estimate of drug-likeness (QED) is 0.408. The fraction of sp³-hybridized carbons (Fsp3) is 0.941. The van der Waals surface area contributed by atoms with Crippen LogP contribution in [0, 0.1) is 11.8 Å². The molecule has 0 aromatic heterocycles. The van der Waals surface area contributed by atoms with Crippen LogP contribution >= 0.6 is 31.9 Å². The first kappa shape index (κ1) is 18.6. The molecule has 0 bridgehead atoms. The third-order valence-corrected chi connectivity index (χ3v) is 6.76. The average Bonchev–Trinajstić information content (AvgIpc) is 2.48. The molecule has 128 valence electrons. The number of rotatable bonds is 4. The van der Waals surface area contributed by atoms with Gasteiger partial charge in [0.25, 0.3) is 0 Å². The van der Waals surface area contributed by atoms with Gasteiger partial charge in [0.15, 0.2) is 0 Å². The second-order valence-electron chi connectivity index (χ2n) is 6.91. The van der Waals surface area contributed by atoms with Gasteiger partial charge in [-0.05, 0) is 63.2 Å². The van der Waals surface area contributed by atoms with Gasteiger partial charge in [-0.2, -0.15) is 0 Å². The molecule has 0 aliphatic heterocycles. The SMILES string of the molecule is CC(Br)C1CCC(OC(=O)OC2CCC(C(C)Br)CC2)CC1. The highest BCUT2D eigenvalue weighted by atomic mass is 79.9. The fourth-order valence-electron chi connectivity index (χ4n) is 3.63. The molecule has 5 heteroatoms. The van der Waals surface area contributed by atoms with Gasteiger partial charge in [-0.3, -0.25) is 0 Å². The Kier molecular flexibility index (Phi) is 7.52. The summed E-state index contributed by atoms with van der Waals surface area (Å²) in [6.07, 6.45) is 7.99. The van der Waals surface area contributed by atoms with Crippen molar-refractivity contribution in [3.05, 3.63) is 0 Å². The largest absolute Gasteiger partial charge is 0.508 e. The topological polar surface area (TPSA) is 35.5 Å². The Labute approximate surface area is 151 Å². The highest BCUT2D eigenvalue weighted by Crippen LogP contribution is 2.33. The van der Waals surface area contributed by atoms with Crippen LogP contribution in [0.15, 0.2) is 0 Å². The molecule has 2 saturated carbocycles. The third kappa shape index (κ3) is 5.70. The number of ether oxygens (including phenoxy) is 2. The Bertz CT molecular complexity index is 312. The fourth-order valence-corrected chi connectivity index (χ4v) is 4.69. The van der Waals surface area contributed by atoms with Crippen LogP contribution in [0.3, 0.4) is 0 Å². The number of carbonyl (C=O) groups is 1. The molecular weight excluding hydrogens is 412 g/mol. The predicted molar refractivity (Wildman–Crippen MR) is 95.8 cm³/mol. The molecule has 3 nitrogen and oxygen atoms in total. The normalized spacial score (nSPS) is 35.5. The first-order chi connectivity index (χ1) is 10.5. The first-order valence-corrected chi connectivity index (χ1v) is 10.4. The lowest BCUT2D eigenvalue weighted by Gasteiger charge is -2.31. The van der Waals surface area contributed by atoms with Gasteiger partial charge in [0.2, 0.25) is 0 Å². The van der Waals surface area contributed by atoms with Gasteiger partial charge in [0.05, 0.1) is 0 Å². The standard InChI is InChI=1S/C17H28Br2O3/c1-11(18)13-3-7-15(8-4-13)21-17(20)22-16-9-5-14(6-10-16)12(2)19/h11-16H,3-10H2,1-2H3. The van der Waals surface area contributed by atoms with E-state index in [-0.39, 0.29) is 12.2 Å². The summed E-state index contributed by atoms with van der Waals surface area (Å²) in [7, 11) is 0. The van der Waals surface area contributed by atoms with E-state index in [0.717, 1.165) is 51.4 Å². The molecule has 0 saturated heterocycles. The second-order valence-corrected chi connectivity index (χ2v) is 9.80. The Hall–Kier alpha value is 0.230. The molecule has 2 aliphatic rings. The van der Waals surface area contributed by atoms with Crippen molar-refractivity contribution in [2.75, 3.05) is 0 Å². The van der Waals surface area contributed by atoms with Crippen LogP contribution in [-0.2, 0) is 9.47 Å². The Morgan fingerprint density at radius 2 is 1.09 bits per heavy atom. The van der Waals surface area contributed by atoms with E-state index in [1.165, 1.54) is 0 Å². The first-order valence-electron chi connectivity index (χ1n) is 8.61. The van der Waals surface area contributed by atoms with Crippen molar-refractivity contribution in [2.45, 2.75) is 87.1 Å². The molecule has 2 atom stereocenters. The molecule has 0 aromatic rings. The zero-order valence-corrected chi connectivity index (χ0v) is 16.8. The van der Waals surface area contributed by atoms with Gasteiger partial charge in [-0.15, -0.1) is 0 Å². The van der Waals surface area contributed by atoms with Crippen LogP contribution in [-0.4, -0.2) is 28.0 Å². The molecule has 0 spiro atoms. The van der Waals surface area contributed by atoms with E-state index in [1.54, 1.807) is 0 Å². The van der Waals surface area contributed by atoms with E-state index in [0.29, 0.717) is 21.5 Å². The molecule has 2 rings (SSSR count). The molecule has 2 fully saturated rings. The van der Waals surface area contributed by atoms with Gasteiger partial charge in [-0.1, -0.05) is 45.7 Å². The average molecular weight is 440 g/mol. The van der Waals surface area contributed by atoms with Crippen molar-refractivity contribution in [3.8, 4) is 0 Å². The summed E-state index contributed by atoms with van der Waals surface area (Å²) >= 11 is 7.30. The van der Waals surface area contributed by atoms with Crippen molar-refractivity contribution in [1.29, 1.82) is 0 Å². The van der Waals surface area contributed by atoms with Crippen LogP contribution in [0.1, 0.15) is 65.2 Å². The summed E-state index contributed by atoms with van der Waals surface area (Å²) in [5.41, 5.74) is 0. The van der Waals surface area contributed by atoms with E-state index in [9.17, 15) is 4.79 Å². The maximum absolute atomic E-state index is 11.9. The minimum Gasteiger partial charge on any atom is -0.431 e. The molecule has 0 N–H and O–H groups in total. The number of carbonyl (C=O) groups excluding carboxylic acids is 1. The van der Waals surface area contributed by atoms with E-state index < -0.39 is 6.16 Å². The summed E-state index contributed by atoms with van der Waals surface area (Å²) in [4.78, 5) is 13.0. The number of hydrogen-bond acceptors (Lipinski definition) is 3. The Balaban J connectivity index is 1.65. The zero-order chi connectivity index (χ0) is 16.1. The zero-order valence-electron chi connectivity index (χ0n) is 13.6. The Morgan fingerprint density at radius 1 is 0.773 bits per heavy atom. The molecule has 0 heterocycles.